The van der Waals surface area contributed by atoms with Gasteiger partial charge in [0.05, 0.1) is 4.90 Å². The van der Waals surface area contributed by atoms with Crippen molar-refractivity contribution in [2.24, 2.45) is 0 Å². The second kappa shape index (κ2) is 10.8. The fourth-order valence-electron chi connectivity index (χ4n) is 2.86. The number of carbonyl (C=O) groups excluding carboxylic acids is 1. The van der Waals surface area contributed by atoms with Gasteiger partial charge in [-0.15, -0.1) is 12.4 Å². The predicted octanol–water partition coefficient (Wildman–Crippen LogP) is 0.774. The summed E-state index contributed by atoms with van der Waals surface area (Å²) in [5.41, 5.74) is 0.471. The van der Waals surface area contributed by atoms with E-state index in [1.807, 2.05) is 0 Å². The molecule has 0 unspecified atom stereocenters. The molecule has 1 heterocycles. The zero-order valence-electron chi connectivity index (χ0n) is 15.4. The molecule has 0 saturated carbocycles. The first-order valence-corrected chi connectivity index (χ1v) is 10.2. The fourth-order valence-corrected chi connectivity index (χ4v) is 4.31. The van der Waals surface area contributed by atoms with Gasteiger partial charge in [-0.05, 0) is 24.3 Å². The van der Waals surface area contributed by atoms with Crippen LogP contribution in [0.4, 0.5) is 0 Å². The number of sulfonamides is 1. The van der Waals surface area contributed by atoms with E-state index >= 15 is 0 Å². The number of hydrogen-bond acceptors (Lipinski definition) is 5. The molecule has 9 heteroatoms. The summed E-state index contributed by atoms with van der Waals surface area (Å²) in [6.45, 7) is 9.82. The van der Waals surface area contributed by atoms with E-state index in [2.05, 4.69) is 15.5 Å². The molecule has 1 fully saturated rings. The van der Waals surface area contributed by atoms with Gasteiger partial charge in [-0.3, -0.25) is 9.69 Å². The maximum absolute atomic E-state index is 12.4. The minimum Gasteiger partial charge on any atom is -0.351 e. The van der Waals surface area contributed by atoms with Crippen molar-refractivity contribution in [3.8, 4) is 0 Å². The average molecular weight is 405 g/mol. The molecule has 1 saturated heterocycles. The van der Waals surface area contributed by atoms with Gasteiger partial charge in [0.15, 0.2) is 0 Å². The number of nitrogens with zero attached hydrogens (tertiary/aromatic N) is 2. The van der Waals surface area contributed by atoms with Crippen LogP contribution in [-0.4, -0.2) is 75.9 Å². The van der Waals surface area contributed by atoms with E-state index in [1.54, 1.807) is 26.0 Å². The fraction of sp³-hybridized carbons (Fsp3) is 0.588. The molecule has 0 atom stereocenters. The maximum Gasteiger partial charge on any atom is 0.251 e. The van der Waals surface area contributed by atoms with Crippen molar-refractivity contribution in [2.75, 3.05) is 52.4 Å². The predicted molar refractivity (Wildman–Crippen MR) is 105 cm³/mol. The van der Waals surface area contributed by atoms with Crippen LogP contribution in [-0.2, 0) is 10.0 Å². The smallest absolute Gasteiger partial charge is 0.251 e. The van der Waals surface area contributed by atoms with E-state index in [-0.39, 0.29) is 23.2 Å². The number of amides is 1. The van der Waals surface area contributed by atoms with Crippen molar-refractivity contribution in [2.45, 2.75) is 18.7 Å². The number of piperazine rings is 1. The molecular weight excluding hydrogens is 376 g/mol. The quantitative estimate of drug-likeness (QED) is 0.669. The molecule has 1 aliphatic rings. The lowest BCUT2D eigenvalue weighted by Crippen LogP contribution is -2.46. The van der Waals surface area contributed by atoms with Crippen LogP contribution in [0.3, 0.4) is 0 Å². The minimum atomic E-state index is -3.49. The van der Waals surface area contributed by atoms with E-state index < -0.39 is 10.0 Å². The van der Waals surface area contributed by atoms with Crippen molar-refractivity contribution in [3.63, 3.8) is 0 Å². The van der Waals surface area contributed by atoms with Gasteiger partial charge in [0, 0.05) is 57.9 Å². The Morgan fingerprint density at radius 1 is 1.15 bits per heavy atom. The van der Waals surface area contributed by atoms with Gasteiger partial charge in [0.2, 0.25) is 10.0 Å². The topological polar surface area (TPSA) is 81.8 Å². The van der Waals surface area contributed by atoms with Gasteiger partial charge >= 0.3 is 0 Å². The Labute approximate surface area is 162 Å². The first-order valence-electron chi connectivity index (χ1n) is 8.80. The number of hydrogen-bond donors (Lipinski definition) is 2. The monoisotopic (exact) mass is 404 g/mol. The molecule has 0 aromatic heterocycles. The van der Waals surface area contributed by atoms with E-state index in [4.69, 9.17) is 0 Å². The Kier molecular flexibility index (Phi) is 9.52. The van der Waals surface area contributed by atoms with Gasteiger partial charge in [0.1, 0.15) is 0 Å². The summed E-state index contributed by atoms with van der Waals surface area (Å²) < 4.78 is 26.3. The molecule has 0 bridgehead atoms. The highest BCUT2D eigenvalue weighted by molar-refractivity contribution is 7.89. The zero-order chi connectivity index (χ0) is 18.3. The third-order valence-electron chi connectivity index (χ3n) is 4.38. The second-order valence-electron chi connectivity index (χ2n) is 5.96. The summed E-state index contributed by atoms with van der Waals surface area (Å²) in [7, 11) is -3.49. The van der Waals surface area contributed by atoms with Gasteiger partial charge in [-0.25, -0.2) is 8.42 Å². The molecule has 1 aromatic carbocycles. The van der Waals surface area contributed by atoms with E-state index in [9.17, 15) is 13.2 Å². The molecular formula is C17H29ClN4O3S. The number of halogens is 1. The lowest BCUT2D eigenvalue weighted by atomic mass is 10.2. The van der Waals surface area contributed by atoms with E-state index in [0.717, 1.165) is 32.7 Å². The van der Waals surface area contributed by atoms with Crippen molar-refractivity contribution in [1.29, 1.82) is 0 Å². The van der Waals surface area contributed by atoms with Crippen LogP contribution in [0.1, 0.15) is 24.2 Å². The first kappa shape index (κ1) is 22.9. The molecule has 0 radical (unpaired) electrons. The zero-order valence-corrected chi connectivity index (χ0v) is 17.0. The van der Waals surface area contributed by atoms with Crippen molar-refractivity contribution < 1.29 is 13.2 Å². The highest BCUT2D eigenvalue weighted by Crippen LogP contribution is 2.16. The normalized spacial score (nSPS) is 15.5. The van der Waals surface area contributed by atoms with E-state index in [1.165, 1.54) is 16.4 Å². The Bertz CT molecular complexity index is 657. The van der Waals surface area contributed by atoms with Gasteiger partial charge < -0.3 is 10.6 Å². The molecule has 2 N–H and O–H groups in total. The molecule has 1 aromatic rings. The van der Waals surface area contributed by atoms with E-state index in [0.29, 0.717) is 25.2 Å². The number of benzene rings is 1. The molecule has 0 aliphatic carbocycles. The Morgan fingerprint density at radius 3 is 2.27 bits per heavy atom. The number of nitrogens with one attached hydrogen (secondary N) is 2. The van der Waals surface area contributed by atoms with Crippen LogP contribution in [0.25, 0.3) is 0 Å². The Balaban J connectivity index is 0.00000338. The first-order chi connectivity index (χ1) is 12.0. The van der Waals surface area contributed by atoms with Crippen molar-refractivity contribution >= 4 is 28.3 Å². The highest BCUT2D eigenvalue weighted by atomic mass is 35.5. The lowest BCUT2D eigenvalue weighted by Gasteiger charge is -2.27. The van der Waals surface area contributed by atoms with Crippen LogP contribution in [0.15, 0.2) is 29.2 Å². The molecule has 1 amide bonds. The third-order valence-corrected chi connectivity index (χ3v) is 6.45. The third kappa shape index (κ3) is 5.92. The summed E-state index contributed by atoms with van der Waals surface area (Å²) in [6.07, 6.45) is 0. The van der Waals surface area contributed by atoms with Gasteiger partial charge in [0.25, 0.3) is 5.91 Å². The second-order valence-corrected chi connectivity index (χ2v) is 7.90. The highest BCUT2D eigenvalue weighted by Gasteiger charge is 2.21. The van der Waals surface area contributed by atoms with Crippen LogP contribution in [0.2, 0.25) is 0 Å². The number of carbonyl (C=O) groups is 1. The van der Waals surface area contributed by atoms with Crippen LogP contribution in [0, 0.1) is 0 Å². The largest absolute Gasteiger partial charge is 0.351 e. The summed E-state index contributed by atoms with van der Waals surface area (Å²) in [4.78, 5) is 14.7. The molecule has 1 aliphatic heterocycles. The molecule has 2 rings (SSSR count). The molecule has 26 heavy (non-hydrogen) atoms. The summed E-state index contributed by atoms with van der Waals surface area (Å²) >= 11 is 0. The maximum atomic E-state index is 12.4. The van der Waals surface area contributed by atoms with Gasteiger partial charge in [-0.2, -0.15) is 4.31 Å². The standard InChI is InChI=1S/C17H28N4O3S.ClH/c1-3-21(4-2)25(23,24)16-7-5-15(6-8-16)17(22)19-11-14-20-12-9-18-10-13-20;/h5-8,18H,3-4,9-14H2,1-2H3,(H,19,22);1H. The van der Waals surface area contributed by atoms with Crippen LogP contribution < -0.4 is 10.6 Å². The Morgan fingerprint density at radius 2 is 1.73 bits per heavy atom. The average Bonchev–Trinajstić information content (AvgIpc) is 2.63. The molecule has 7 nitrogen and oxygen atoms in total. The summed E-state index contributed by atoms with van der Waals surface area (Å²) in [6, 6.07) is 6.13. The summed E-state index contributed by atoms with van der Waals surface area (Å²) in [5, 5.41) is 6.18. The lowest BCUT2D eigenvalue weighted by molar-refractivity contribution is 0.0947. The molecule has 0 spiro atoms. The Hall–Kier alpha value is -1.19. The van der Waals surface area contributed by atoms with Gasteiger partial charge in [-0.1, -0.05) is 13.8 Å². The van der Waals surface area contributed by atoms with Crippen molar-refractivity contribution in [3.05, 3.63) is 29.8 Å². The molecule has 148 valence electrons. The van der Waals surface area contributed by atoms with Crippen LogP contribution >= 0.6 is 12.4 Å². The SMILES string of the molecule is CCN(CC)S(=O)(=O)c1ccc(C(=O)NCCN2CCNCC2)cc1.Cl. The number of rotatable bonds is 8. The summed E-state index contributed by atoms with van der Waals surface area (Å²) in [5.74, 6) is -0.179. The van der Waals surface area contributed by atoms with Crippen molar-refractivity contribution in [1.82, 2.24) is 19.8 Å². The van der Waals surface area contributed by atoms with Crippen LogP contribution in [0.5, 0.6) is 0 Å². The minimum absolute atomic E-state index is 0.